The minimum atomic E-state index is -0.473. The molecule has 142 valence electrons. The van der Waals surface area contributed by atoms with Crippen LogP contribution < -0.4 is 14.8 Å². The number of anilines is 1. The fourth-order valence-corrected chi connectivity index (χ4v) is 2.36. The third-order valence-corrected chi connectivity index (χ3v) is 3.69. The summed E-state index contributed by atoms with van der Waals surface area (Å²) in [6.45, 7) is 0. The Kier molecular flexibility index (Phi) is 6.54. The molecule has 6 nitrogen and oxygen atoms in total. The van der Waals surface area contributed by atoms with E-state index in [1.54, 1.807) is 26.2 Å². The van der Waals surface area contributed by atoms with Gasteiger partial charge in [-0.05, 0) is 29.8 Å². The Morgan fingerprint density at radius 3 is 2.33 bits per heavy atom. The molecule has 2 amide bonds. The van der Waals surface area contributed by atoms with E-state index in [2.05, 4.69) is 5.32 Å². The number of nitrogens with zero attached hydrogens (tertiary/aromatic N) is 1. The minimum Gasteiger partial charge on any atom is -0.493 e. The van der Waals surface area contributed by atoms with Crippen LogP contribution in [0.1, 0.15) is 15.9 Å². The van der Waals surface area contributed by atoms with Gasteiger partial charge in [-0.15, -0.1) is 0 Å². The van der Waals surface area contributed by atoms with Crippen molar-refractivity contribution in [3.63, 3.8) is 0 Å². The number of ether oxygens (including phenoxy) is 2. The molecular weight excluding hydrogens is 351 g/mol. The lowest BCUT2D eigenvalue weighted by atomic mass is 10.1. The molecule has 7 heteroatoms. The third-order valence-electron chi connectivity index (χ3n) is 3.69. The van der Waals surface area contributed by atoms with Crippen molar-refractivity contribution >= 4 is 23.6 Å². The van der Waals surface area contributed by atoms with Gasteiger partial charge in [-0.3, -0.25) is 9.59 Å². The van der Waals surface area contributed by atoms with E-state index in [0.717, 1.165) is 0 Å². The minimum absolute atomic E-state index is 0.255. The quantitative estimate of drug-likeness (QED) is 0.791. The van der Waals surface area contributed by atoms with E-state index in [-0.39, 0.29) is 17.2 Å². The molecule has 0 atom stereocenters. The van der Waals surface area contributed by atoms with Crippen LogP contribution in [-0.4, -0.2) is 45.0 Å². The first-order chi connectivity index (χ1) is 12.8. The number of amides is 2. The fraction of sp³-hybridized carbons (Fsp3) is 0.200. The number of benzene rings is 2. The van der Waals surface area contributed by atoms with Gasteiger partial charge in [-0.1, -0.05) is 12.1 Å². The molecule has 0 aliphatic heterocycles. The summed E-state index contributed by atoms with van der Waals surface area (Å²) in [4.78, 5) is 26.1. The van der Waals surface area contributed by atoms with Crippen molar-refractivity contribution in [2.75, 3.05) is 33.6 Å². The number of halogens is 1. The fourth-order valence-electron chi connectivity index (χ4n) is 2.36. The van der Waals surface area contributed by atoms with Crippen molar-refractivity contribution in [2.45, 2.75) is 0 Å². The van der Waals surface area contributed by atoms with E-state index in [0.29, 0.717) is 17.1 Å². The lowest BCUT2D eigenvalue weighted by Gasteiger charge is -2.17. The first kappa shape index (κ1) is 20.0. The molecule has 0 aliphatic rings. The molecule has 0 fully saturated rings. The number of carbonyl (C=O) groups is 2. The normalized spacial score (nSPS) is 10.6. The van der Waals surface area contributed by atoms with E-state index in [1.807, 2.05) is 0 Å². The number of methoxy groups -OCH3 is 2. The van der Waals surface area contributed by atoms with Gasteiger partial charge >= 0.3 is 0 Å². The predicted molar refractivity (Wildman–Crippen MR) is 102 cm³/mol. The summed E-state index contributed by atoms with van der Waals surface area (Å²) < 4.78 is 23.7. The van der Waals surface area contributed by atoms with Crippen molar-refractivity contribution in [2.24, 2.45) is 0 Å². The van der Waals surface area contributed by atoms with Gasteiger partial charge in [0.1, 0.15) is 5.82 Å². The zero-order valence-corrected chi connectivity index (χ0v) is 15.6. The molecule has 0 unspecified atom stereocenters. The van der Waals surface area contributed by atoms with Gasteiger partial charge in [-0.25, -0.2) is 4.39 Å². The van der Waals surface area contributed by atoms with Crippen molar-refractivity contribution in [1.82, 2.24) is 4.90 Å². The largest absolute Gasteiger partial charge is 0.493 e. The molecule has 0 aromatic heterocycles. The van der Waals surface area contributed by atoms with Gasteiger partial charge in [0.2, 0.25) is 5.91 Å². The second-order valence-electron chi connectivity index (χ2n) is 5.83. The van der Waals surface area contributed by atoms with Gasteiger partial charge in [0.15, 0.2) is 11.5 Å². The molecular formula is C20H21FN2O4. The first-order valence-electron chi connectivity index (χ1n) is 8.08. The molecule has 0 saturated heterocycles. The number of rotatable bonds is 6. The third kappa shape index (κ3) is 5.07. The Morgan fingerprint density at radius 2 is 1.74 bits per heavy atom. The highest BCUT2D eigenvalue weighted by molar-refractivity contribution is 6.08. The highest BCUT2D eigenvalue weighted by Gasteiger charge is 2.19. The van der Waals surface area contributed by atoms with Gasteiger partial charge < -0.3 is 19.7 Å². The molecule has 0 aliphatic carbocycles. The summed E-state index contributed by atoms with van der Waals surface area (Å²) >= 11 is 0. The Bertz CT molecular complexity index is 878. The van der Waals surface area contributed by atoms with Crippen LogP contribution in [0.15, 0.2) is 42.5 Å². The highest BCUT2D eigenvalue weighted by atomic mass is 19.1. The molecule has 0 spiro atoms. The number of carbonyl (C=O) groups excluding carboxylic acids is 2. The van der Waals surface area contributed by atoms with Gasteiger partial charge in [0.25, 0.3) is 5.91 Å². The van der Waals surface area contributed by atoms with Crippen LogP contribution >= 0.6 is 0 Å². The summed E-state index contributed by atoms with van der Waals surface area (Å²) in [5.74, 6) is -0.427. The summed E-state index contributed by atoms with van der Waals surface area (Å²) in [5, 5.41) is 2.65. The molecule has 0 saturated carbocycles. The van der Waals surface area contributed by atoms with Crippen molar-refractivity contribution < 1.29 is 23.5 Å². The summed E-state index contributed by atoms with van der Waals surface area (Å²) in [5.41, 5.74) is 1.08. The average Bonchev–Trinajstić information content (AvgIpc) is 2.65. The highest BCUT2D eigenvalue weighted by Crippen LogP contribution is 2.34. The topological polar surface area (TPSA) is 67.9 Å². The van der Waals surface area contributed by atoms with E-state index in [9.17, 15) is 14.0 Å². The van der Waals surface area contributed by atoms with Crippen LogP contribution in [0, 0.1) is 5.82 Å². The van der Waals surface area contributed by atoms with Gasteiger partial charge in [-0.2, -0.15) is 0 Å². The second kappa shape index (κ2) is 8.84. The monoisotopic (exact) mass is 372 g/mol. The van der Waals surface area contributed by atoms with E-state index in [4.69, 9.17) is 9.47 Å². The lowest BCUT2D eigenvalue weighted by Crippen LogP contribution is -2.24. The van der Waals surface area contributed by atoms with E-state index >= 15 is 0 Å². The zero-order valence-electron chi connectivity index (χ0n) is 15.6. The summed E-state index contributed by atoms with van der Waals surface area (Å²) in [6, 6.07) is 8.87. The SMILES string of the molecule is COc1cc(NC(=O)/C=C/c2cccc(F)c2)c(C(=O)N(C)C)cc1OC. The molecule has 2 rings (SSSR count). The van der Waals surface area contributed by atoms with E-state index < -0.39 is 11.7 Å². The maximum atomic E-state index is 13.2. The maximum absolute atomic E-state index is 13.2. The zero-order chi connectivity index (χ0) is 20.0. The molecule has 0 bridgehead atoms. The molecule has 2 aromatic carbocycles. The molecule has 27 heavy (non-hydrogen) atoms. The number of hydrogen-bond donors (Lipinski definition) is 1. The molecule has 2 aromatic rings. The van der Waals surface area contributed by atoms with Crippen LogP contribution in [0.25, 0.3) is 6.08 Å². The van der Waals surface area contributed by atoms with E-state index in [1.165, 1.54) is 55.5 Å². The summed E-state index contributed by atoms with van der Waals surface area (Å²) in [6.07, 6.45) is 2.74. The Balaban J connectivity index is 2.32. The Morgan fingerprint density at radius 1 is 1.07 bits per heavy atom. The van der Waals surface area contributed by atoms with Crippen molar-refractivity contribution in [3.8, 4) is 11.5 Å². The van der Waals surface area contributed by atoms with Crippen molar-refractivity contribution in [1.29, 1.82) is 0 Å². The second-order valence-corrected chi connectivity index (χ2v) is 5.83. The number of hydrogen-bond acceptors (Lipinski definition) is 4. The lowest BCUT2D eigenvalue weighted by molar-refractivity contribution is -0.111. The van der Waals surface area contributed by atoms with Crippen LogP contribution in [0.4, 0.5) is 10.1 Å². The predicted octanol–water partition coefficient (Wildman–Crippen LogP) is 3.20. The van der Waals surface area contributed by atoms with Crippen LogP contribution in [0.5, 0.6) is 11.5 Å². The van der Waals surface area contributed by atoms with Crippen LogP contribution in [-0.2, 0) is 4.79 Å². The van der Waals surface area contributed by atoms with Crippen molar-refractivity contribution in [3.05, 3.63) is 59.4 Å². The van der Waals surface area contributed by atoms with Gasteiger partial charge in [0.05, 0.1) is 25.5 Å². The standard InChI is InChI=1S/C20H21FN2O4/c1-23(2)20(25)15-11-17(26-3)18(27-4)12-16(15)22-19(24)9-8-13-6-5-7-14(21)10-13/h5-12H,1-4H3,(H,22,24)/b9-8+. The van der Waals surface area contributed by atoms with Gasteiger partial charge in [0, 0.05) is 26.2 Å². The average molecular weight is 372 g/mol. The Labute approximate surface area is 157 Å². The Hall–Kier alpha value is -3.35. The first-order valence-corrected chi connectivity index (χ1v) is 8.08. The van der Waals surface area contributed by atoms with Crippen LogP contribution in [0.3, 0.4) is 0 Å². The van der Waals surface area contributed by atoms with Crippen LogP contribution in [0.2, 0.25) is 0 Å². The summed E-state index contributed by atoms with van der Waals surface area (Å²) in [7, 11) is 6.13. The molecule has 1 N–H and O–H groups in total. The number of nitrogens with one attached hydrogen (secondary N) is 1. The smallest absolute Gasteiger partial charge is 0.255 e. The molecule has 0 heterocycles. The maximum Gasteiger partial charge on any atom is 0.255 e. The molecule has 0 radical (unpaired) electrons.